The summed E-state index contributed by atoms with van der Waals surface area (Å²) in [6, 6.07) is 9.65. The molecule has 1 rings (SSSR count). The van der Waals surface area contributed by atoms with Crippen LogP contribution in [-0.2, 0) is 0 Å². The molecule has 0 spiro atoms. The average Bonchev–Trinajstić information content (AvgIpc) is 2.18. The molecule has 82 valence electrons. The summed E-state index contributed by atoms with van der Waals surface area (Å²) in [5, 5.41) is 10.8. The molecule has 4 heteroatoms. The monoisotopic (exact) mass is 208 g/mol. The van der Waals surface area contributed by atoms with E-state index in [1.54, 1.807) is 13.8 Å². The molecule has 0 saturated heterocycles. The van der Waals surface area contributed by atoms with Crippen molar-refractivity contribution in [2.45, 2.75) is 19.4 Å². The topological polar surface area (TPSA) is 46.4 Å². The Morgan fingerprint density at radius 2 is 1.87 bits per heavy atom. The fourth-order valence-electron chi connectivity index (χ4n) is 1.41. The number of benzene rings is 1. The van der Waals surface area contributed by atoms with Crippen molar-refractivity contribution in [1.29, 1.82) is 0 Å². The number of anilines is 1. The second kappa shape index (κ2) is 4.29. The molecule has 0 N–H and O–H groups in total. The molecule has 0 fully saturated rings. The molecule has 0 bridgehead atoms. The van der Waals surface area contributed by atoms with Gasteiger partial charge in [0.2, 0.25) is 5.54 Å². The number of hydrogen-bond acceptors (Lipinski definition) is 3. The van der Waals surface area contributed by atoms with Gasteiger partial charge in [0.05, 0.1) is 6.54 Å². The quantitative estimate of drug-likeness (QED) is 0.562. The first-order valence-electron chi connectivity index (χ1n) is 4.84. The van der Waals surface area contributed by atoms with Crippen LogP contribution >= 0.6 is 0 Å². The van der Waals surface area contributed by atoms with Crippen molar-refractivity contribution in [3.63, 3.8) is 0 Å². The van der Waals surface area contributed by atoms with Gasteiger partial charge in [-0.2, -0.15) is 0 Å². The first-order chi connectivity index (χ1) is 6.93. The lowest BCUT2D eigenvalue weighted by molar-refractivity contribution is -0.556. The summed E-state index contributed by atoms with van der Waals surface area (Å²) >= 11 is 0. The molecule has 15 heavy (non-hydrogen) atoms. The zero-order valence-corrected chi connectivity index (χ0v) is 9.30. The van der Waals surface area contributed by atoms with E-state index in [0.717, 1.165) is 5.69 Å². The fourth-order valence-corrected chi connectivity index (χ4v) is 1.41. The van der Waals surface area contributed by atoms with Gasteiger partial charge < -0.3 is 4.90 Å². The van der Waals surface area contributed by atoms with E-state index in [1.165, 1.54) is 0 Å². The zero-order valence-electron chi connectivity index (χ0n) is 9.30. The standard InChI is InChI=1S/C11H16N2O2/c1-11(2,13(14)15)9-12(3)10-7-5-4-6-8-10/h4-8H,9H2,1-3H3. The molecule has 1 aromatic carbocycles. The molecule has 0 aliphatic carbocycles. The highest BCUT2D eigenvalue weighted by Crippen LogP contribution is 2.16. The van der Waals surface area contributed by atoms with Gasteiger partial charge in [0.15, 0.2) is 0 Å². The third-order valence-corrected chi connectivity index (χ3v) is 2.32. The molecule has 0 unspecified atom stereocenters. The molecule has 1 aromatic rings. The van der Waals surface area contributed by atoms with E-state index < -0.39 is 5.54 Å². The van der Waals surface area contributed by atoms with Gasteiger partial charge in [-0.1, -0.05) is 18.2 Å². The molecule has 0 amide bonds. The molecular formula is C11H16N2O2. The summed E-state index contributed by atoms with van der Waals surface area (Å²) in [5.41, 5.74) is 0.0670. The highest BCUT2D eigenvalue weighted by Gasteiger charge is 2.32. The first kappa shape index (κ1) is 11.5. The number of nitrogens with zero attached hydrogens (tertiary/aromatic N) is 2. The maximum absolute atomic E-state index is 10.8. The van der Waals surface area contributed by atoms with Crippen LogP contribution in [0, 0.1) is 10.1 Å². The Morgan fingerprint density at radius 1 is 1.33 bits per heavy atom. The van der Waals surface area contributed by atoms with Crippen molar-refractivity contribution in [2.75, 3.05) is 18.5 Å². The summed E-state index contributed by atoms with van der Waals surface area (Å²) in [7, 11) is 1.86. The summed E-state index contributed by atoms with van der Waals surface area (Å²) in [6.45, 7) is 3.66. The zero-order chi connectivity index (χ0) is 11.5. The highest BCUT2D eigenvalue weighted by atomic mass is 16.6. The Labute approximate surface area is 89.7 Å². The van der Waals surface area contributed by atoms with E-state index in [-0.39, 0.29) is 4.92 Å². The molecule has 0 saturated carbocycles. The molecule has 0 heterocycles. The number of para-hydroxylation sites is 1. The van der Waals surface area contributed by atoms with Crippen LogP contribution in [0.25, 0.3) is 0 Å². The lowest BCUT2D eigenvalue weighted by Gasteiger charge is -2.25. The van der Waals surface area contributed by atoms with Gasteiger partial charge in [0.1, 0.15) is 0 Å². The average molecular weight is 208 g/mol. The molecule has 0 aliphatic heterocycles. The Bertz CT molecular complexity index is 336. The number of rotatable bonds is 4. The van der Waals surface area contributed by atoms with E-state index in [0.29, 0.717) is 6.54 Å². The van der Waals surface area contributed by atoms with Gasteiger partial charge in [-0.05, 0) is 12.1 Å². The first-order valence-corrected chi connectivity index (χ1v) is 4.84. The highest BCUT2D eigenvalue weighted by molar-refractivity contribution is 5.45. The lowest BCUT2D eigenvalue weighted by Crippen LogP contribution is -2.42. The molecule has 0 radical (unpaired) electrons. The largest absolute Gasteiger partial charge is 0.367 e. The summed E-state index contributed by atoms with van der Waals surface area (Å²) in [6.07, 6.45) is 0. The van der Waals surface area contributed by atoms with E-state index in [4.69, 9.17) is 0 Å². The second-order valence-electron chi connectivity index (χ2n) is 4.26. The predicted octanol–water partition coefficient (Wildman–Crippen LogP) is 2.18. The summed E-state index contributed by atoms with van der Waals surface area (Å²) < 4.78 is 0. The van der Waals surface area contributed by atoms with Crippen LogP contribution in [0.15, 0.2) is 30.3 Å². The van der Waals surface area contributed by atoms with Gasteiger partial charge >= 0.3 is 0 Å². The molecule has 0 aliphatic rings. The van der Waals surface area contributed by atoms with Crippen LogP contribution in [0.2, 0.25) is 0 Å². The van der Waals surface area contributed by atoms with Crippen LogP contribution in [0.3, 0.4) is 0 Å². The molecule has 0 atom stereocenters. The summed E-state index contributed by atoms with van der Waals surface area (Å²) in [5.74, 6) is 0. The normalized spacial score (nSPS) is 11.1. The smallest absolute Gasteiger partial charge is 0.233 e. The van der Waals surface area contributed by atoms with Gasteiger partial charge in [-0.15, -0.1) is 0 Å². The Kier molecular flexibility index (Phi) is 3.29. The SMILES string of the molecule is CN(CC(C)(C)[N+](=O)[O-])c1ccccc1. The van der Waals surface area contributed by atoms with E-state index in [9.17, 15) is 10.1 Å². The van der Waals surface area contributed by atoms with Crippen LogP contribution in [-0.4, -0.2) is 24.1 Å². The predicted molar refractivity (Wildman–Crippen MR) is 60.8 cm³/mol. The van der Waals surface area contributed by atoms with Crippen molar-refractivity contribution < 1.29 is 4.92 Å². The van der Waals surface area contributed by atoms with Gasteiger partial charge in [-0.25, -0.2) is 0 Å². The van der Waals surface area contributed by atoms with Crippen molar-refractivity contribution in [2.24, 2.45) is 0 Å². The number of hydrogen-bond donors (Lipinski definition) is 0. The van der Waals surface area contributed by atoms with Crippen molar-refractivity contribution in [3.05, 3.63) is 40.4 Å². The Balaban J connectivity index is 2.72. The van der Waals surface area contributed by atoms with E-state index in [1.807, 2.05) is 42.3 Å². The molecular weight excluding hydrogens is 192 g/mol. The Hall–Kier alpha value is -1.58. The maximum Gasteiger partial charge on any atom is 0.233 e. The third kappa shape index (κ3) is 2.94. The van der Waals surface area contributed by atoms with Crippen LogP contribution in [0.1, 0.15) is 13.8 Å². The molecule has 0 aromatic heterocycles. The minimum Gasteiger partial charge on any atom is -0.367 e. The summed E-state index contributed by atoms with van der Waals surface area (Å²) in [4.78, 5) is 12.4. The lowest BCUT2D eigenvalue weighted by atomic mass is 10.1. The van der Waals surface area contributed by atoms with Gasteiger partial charge in [0.25, 0.3) is 0 Å². The van der Waals surface area contributed by atoms with Crippen LogP contribution in [0.4, 0.5) is 5.69 Å². The number of likely N-dealkylation sites (N-methyl/N-ethyl adjacent to an activating group) is 1. The minimum absolute atomic E-state index is 0.244. The van der Waals surface area contributed by atoms with Crippen LogP contribution in [0.5, 0.6) is 0 Å². The second-order valence-corrected chi connectivity index (χ2v) is 4.26. The van der Waals surface area contributed by atoms with Crippen molar-refractivity contribution in [3.8, 4) is 0 Å². The fraction of sp³-hybridized carbons (Fsp3) is 0.455. The Morgan fingerprint density at radius 3 is 2.33 bits per heavy atom. The van der Waals surface area contributed by atoms with Crippen molar-refractivity contribution >= 4 is 5.69 Å². The third-order valence-electron chi connectivity index (χ3n) is 2.32. The molecule has 4 nitrogen and oxygen atoms in total. The minimum atomic E-state index is -0.926. The maximum atomic E-state index is 10.8. The van der Waals surface area contributed by atoms with E-state index in [2.05, 4.69) is 0 Å². The van der Waals surface area contributed by atoms with E-state index >= 15 is 0 Å². The van der Waals surface area contributed by atoms with Gasteiger partial charge in [0, 0.05) is 31.5 Å². The number of nitro groups is 1. The van der Waals surface area contributed by atoms with Crippen molar-refractivity contribution in [1.82, 2.24) is 0 Å². The van der Waals surface area contributed by atoms with Crippen LogP contribution < -0.4 is 4.90 Å². The van der Waals surface area contributed by atoms with Gasteiger partial charge in [-0.3, -0.25) is 10.1 Å².